The summed E-state index contributed by atoms with van der Waals surface area (Å²) in [6.07, 6.45) is 0. The molecule has 0 amide bonds. The Morgan fingerprint density at radius 1 is 1.05 bits per heavy atom. The van der Waals surface area contributed by atoms with Gasteiger partial charge in [-0.25, -0.2) is 4.39 Å². The van der Waals surface area contributed by atoms with Gasteiger partial charge in [0.1, 0.15) is 5.82 Å². The van der Waals surface area contributed by atoms with Gasteiger partial charge < -0.3 is 10.4 Å². The normalized spacial score (nSPS) is 14.0. The van der Waals surface area contributed by atoms with Crippen molar-refractivity contribution in [3.05, 3.63) is 70.5 Å². The third-order valence-corrected chi connectivity index (χ3v) is 3.79. The molecule has 2 aromatic rings. The Balaban J connectivity index is 2.18. The molecule has 0 heterocycles. The molecule has 21 heavy (non-hydrogen) atoms. The zero-order chi connectivity index (χ0) is 15.4. The number of rotatable bonds is 5. The second-order valence-corrected chi connectivity index (χ2v) is 5.50. The first-order valence-electron chi connectivity index (χ1n) is 7.21. The molecular weight excluding hydrogens is 265 g/mol. The van der Waals surface area contributed by atoms with Crippen LogP contribution in [0.25, 0.3) is 0 Å². The lowest BCUT2D eigenvalue weighted by atomic mass is 10.00. The van der Waals surface area contributed by atoms with Gasteiger partial charge in [-0.2, -0.15) is 0 Å². The fourth-order valence-corrected chi connectivity index (χ4v) is 2.57. The lowest BCUT2D eigenvalue weighted by Crippen LogP contribution is -2.27. The van der Waals surface area contributed by atoms with Crippen LogP contribution < -0.4 is 5.32 Å². The van der Waals surface area contributed by atoms with Crippen LogP contribution in [0.1, 0.15) is 41.3 Å². The highest BCUT2D eigenvalue weighted by Gasteiger charge is 2.16. The Morgan fingerprint density at radius 2 is 1.62 bits per heavy atom. The summed E-state index contributed by atoms with van der Waals surface area (Å²) in [5.74, 6) is -0.146. The molecule has 2 nitrogen and oxygen atoms in total. The zero-order valence-corrected chi connectivity index (χ0v) is 12.7. The molecule has 0 bridgehead atoms. The maximum atomic E-state index is 13.7. The number of aliphatic hydroxyl groups excluding tert-OH is 1. The van der Waals surface area contributed by atoms with Crippen LogP contribution in [0, 0.1) is 19.7 Å². The van der Waals surface area contributed by atoms with Gasteiger partial charge in [-0.05, 0) is 43.0 Å². The van der Waals surface area contributed by atoms with E-state index in [9.17, 15) is 9.50 Å². The fourth-order valence-electron chi connectivity index (χ4n) is 2.57. The number of hydrogen-bond acceptors (Lipinski definition) is 2. The molecule has 0 fully saturated rings. The van der Waals surface area contributed by atoms with Crippen LogP contribution in [0.5, 0.6) is 0 Å². The Bertz CT molecular complexity index is 574. The van der Waals surface area contributed by atoms with Crippen LogP contribution in [-0.4, -0.2) is 11.7 Å². The monoisotopic (exact) mass is 287 g/mol. The zero-order valence-electron chi connectivity index (χ0n) is 12.7. The summed E-state index contributed by atoms with van der Waals surface area (Å²) in [5.41, 5.74) is 3.38. The number of nitrogens with one attached hydrogen (secondary N) is 1. The van der Waals surface area contributed by atoms with Crippen LogP contribution in [-0.2, 0) is 0 Å². The average molecular weight is 287 g/mol. The van der Waals surface area contributed by atoms with Crippen molar-refractivity contribution in [2.75, 3.05) is 6.61 Å². The second kappa shape index (κ2) is 6.83. The van der Waals surface area contributed by atoms with E-state index < -0.39 is 0 Å². The maximum absolute atomic E-state index is 13.7. The minimum atomic E-state index is -0.146. The van der Waals surface area contributed by atoms with Gasteiger partial charge in [0.25, 0.3) is 0 Å². The second-order valence-electron chi connectivity index (χ2n) is 5.50. The lowest BCUT2D eigenvalue weighted by Gasteiger charge is -2.23. The molecule has 3 heteroatoms. The van der Waals surface area contributed by atoms with Crippen molar-refractivity contribution >= 4 is 0 Å². The standard InChI is InChI=1S/C18H22FNO/c1-12-9-16(10-13(2)18(12)19)14(3)20-17(11-21)15-7-5-4-6-8-15/h4-10,14,17,20-21H,11H2,1-3H3/t14?,17-/m1/s1. The van der Waals surface area contributed by atoms with Crippen LogP contribution in [0.15, 0.2) is 42.5 Å². The predicted octanol–water partition coefficient (Wildman–Crippen LogP) is 3.83. The van der Waals surface area contributed by atoms with Gasteiger partial charge in [-0.3, -0.25) is 0 Å². The Kier molecular flexibility index (Phi) is 5.10. The lowest BCUT2D eigenvalue weighted by molar-refractivity contribution is 0.235. The van der Waals surface area contributed by atoms with Crippen molar-refractivity contribution in [3.63, 3.8) is 0 Å². The highest BCUT2D eigenvalue weighted by molar-refractivity contribution is 5.32. The summed E-state index contributed by atoms with van der Waals surface area (Å²) in [6.45, 7) is 5.60. The molecule has 2 rings (SSSR count). The van der Waals surface area contributed by atoms with E-state index in [2.05, 4.69) is 5.32 Å². The summed E-state index contributed by atoms with van der Waals surface area (Å²) in [5, 5.41) is 13.0. The quantitative estimate of drug-likeness (QED) is 0.876. The third kappa shape index (κ3) is 3.69. The molecule has 112 valence electrons. The molecule has 0 aromatic heterocycles. The summed E-state index contributed by atoms with van der Waals surface area (Å²) in [7, 11) is 0. The van der Waals surface area contributed by atoms with Gasteiger partial charge in [-0.15, -0.1) is 0 Å². The van der Waals surface area contributed by atoms with Crippen LogP contribution >= 0.6 is 0 Å². The molecule has 0 aliphatic heterocycles. The number of aliphatic hydroxyl groups is 1. The summed E-state index contributed by atoms with van der Waals surface area (Å²) < 4.78 is 13.7. The molecule has 0 radical (unpaired) electrons. The number of benzene rings is 2. The van der Waals surface area contributed by atoms with Gasteiger partial charge in [0.05, 0.1) is 12.6 Å². The third-order valence-electron chi connectivity index (χ3n) is 3.79. The topological polar surface area (TPSA) is 32.3 Å². The molecule has 0 aliphatic rings. The minimum absolute atomic E-state index is 0.0213. The largest absolute Gasteiger partial charge is 0.394 e. The summed E-state index contributed by atoms with van der Waals surface area (Å²) >= 11 is 0. The van der Waals surface area contributed by atoms with Crippen molar-refractivity contribution in [2.24, 2.45) is 0 Å². The van der Waals surface area contributed by atoms with E-state index in [0.29, 0.717) is 11.1 Å². The van der Waals surface area contributed by atoms with E-state index in [4.69, 9.17) is 0 Å². The Hall–Kier alpha value is -1.71. The molecule has 0 aliphatic carbocycles. The molecule has 2 aromatic carbocycles. The highest BCUT2D eigenvalue weighted by atomic mass is 19.1. The van der Waals surface area contributed by atoms with E-state index in [1.165, 1.54) is 0 Å². The molecular formula is C18H22FNO. The van der Waals surface area contributed by atoms with E-state index in [1.807, 2.05) is 49.4 Å². The van der Waals surface area contributed by atoms with Crippen molar-refractivity contribution < 1.29 is 9.50 Å². The van der Waals surface area contributed by atoms with Gasteiger partial charge in [0, 0.05) is 6.04 Å². The molecule has 2 atom stereocenters. The van der Waals surface area contributed by atoms with Crippen LogP contribution in [0.4, 0.5) is 4.39 Å². The SMILES string of the molecule is Cc1cc(C(C)N[C@H](CO)c2ccccc2)cc(C)c1F. The first-order chi connectivity index (χ1) is 10.0. The first-order valence-corrected chi connectivity index (χ1v) is 7.21. The number of halogens is 1. The van der Waals surface area contributed by atoms with Gasteiger partial charge >= 0.3 is 0 Å². The van der Waals surface area contributed by atoms with E-state index in [1.54, 1.807) is 13.8 Å². The van der Waals surface area contributed by atoms with Crippen molar-refractivity contribution in [2.45, 2.75) is 32.9 Å². The number of aryl methyl sites for hydroxylation is 2. The summed E-state index contributed by atoms with van der Waals surface area (Å²) in [6, 6.07) is 13.5. The van der Waals surface area contributed by atoms with Crippen molar-refractivity contribution in [1.82, 2.24) is 5.32 Å². The summed E-state index contributed by atoms with van der Waals surface area (Å²) in [4.78, 5) is 0. The fraction of sp³-hybridized carbons (Fsp3) is 0.333. The smallest absolute Gasteiger partial charge is 0.129 e. The average Bonchev–Trinajstić information content (AvgIpc) is 2.50. The molecule has 1 unspecified atom stereocenters. The highest BCUT2D eigenvalue weighted by Crippen LogP contribution is 2.23. The van der Waals surface area contributed by atoms with E-state index in [0.717, 1.165) is 11.1 Å². The van der Waals surface area contributed by atoms with Crippen LogP contribution in [0.3, 0.4) is 0 Å². The first kappa shape index (κ1) is 15.7. The van der Waals surface area contributed by atoms with Gasteiger partial charge in [0.15, 0.2) is 0 Å². The van der Waals surface area contributed by atoms with Crippen molar-refractivity contribution in [1.29, 1.82) is 0 Å². The maximum Gasteiger partial charge on any atom is 0.129 e. The molecule has 0 spiro atoms. The Labute approximate surface area is 125 Å². The molecule has 2 N–H and O–H groups in total. The van der Waals surface area contributed by atoms with Gasteiger partial charge in [-0.1, -0.05) is 42.5 Å². The van der Waals surface area contributed by atoms with E-state index in [-0.39, 0.29) is 24.5 Å². The van der Waals surface area contributed by atoms with E-state index >= 15 is 0 Å². The molecule has 0 saturated heterocycles. The predicted molar refractivity (Wildman–Crippen MR) is 83.7 cm³/mol. The Morgan fingerprint density at radius 3 is 2.14 bits per heavy atom. The number of hydrogen-bond donors (Lipinski definition) is 2. The van der Waals surface area contributed by atoms with Crippen LogP contribution in [0.2, 0.25) is 0 Å². The minimum Gasteiger partial charge on any atom is -0.394 e. The van der Waals surface area contributed by atoms with Gasteiger partial charge in [0.2, 0.25) is 0 Å². The van der Waals surface area contributed by atoms with Crippen molar-refractivity contribution in [3.8, 4) is 0 Å². The molecule has 0 saturated carbocycles.